The molecule has 0 aromatic carbocycles. The van der Waals surface area contributed by atoms with Crippen LogP contribution in [0.3, 0.4) is 0 Å². The van der Waals surface area contributed by atoms with E-state index in [0.717, 1.165) is 18.8 Å². The molecule has 0 saturated heterocycles. The number of nitrogens with zero attached hydrogens (tertiary/aromatic N) is 3. The van der Waals surface area contributed by atoms with Crippen LogP contribution in [0.5, 0.6) is 0 Å². The molecule has 0 spiro atoms. The van der Waals surface area contributed by atoms with Gasteiger partial charge in [0.1, 0.15) is 12.2 Å². The molecule has 0 amide bonds. The second kappa shape index (κ2) is 4.72. The third-order valence-electron chi connectivity index (χ3n) is 2.46. The zero-order valence-corrected chi connectivity index (χ0v) is 9.82. The van der Waals surface area contributed by atoms with E-state index in [2.05, 4.69) is 17.1 Å². The summed E-state index contributed by atoms with van der Waals surface area (Å²) in [6.07, 6.45) is 0.970. The molecule has 1 aromatic rings. The Hall–Kier alpha value is -0.940. The van der Waals surface area contributed by atoms with Gasteiger partial charge in [0.2, 0.25) is 0 Å². The molecule has 0 saturated carbocycles. The Labute approximate surface area is 90.1 Å². The van der Waals surface area contributed by atoms with Crippen LogP contribution in [0.15, 0.2) is 0 Å². The van der Waals surface area contributed by atoms with E-state index in [9.17, 15) is 0 Å². The molecule has 86 valence electrons. The number of rotatable bonds is 5. The molecular weight excluding hydrogens is 194 g/mol. The fourth-order valence-electron chi connectivity index (χ4n) is 1.45. The summed E-state index contributed by atoms with van der Waals surface area (Å²) in [4.78, 5) is 0. The second-order valence-electron chi connectivity index (χ2n) is 3.96. The van der Waals surface area contributed by atoms with Gasteiger partial charge in [-0.15, -0.1) is 10.2 Å². The maximum Gasteiger partial charge on any atom is 0.164 e. The number of hydrogen-bond donors (Lipinski definition) is 1. The standard InChI is InChI=1S/C10H19N3O2/c1-5-6-13-8(7-14)11-12-9(13)10(2,3)15-4/h14H,5-7H2,1-4H3. The zero-order valence-electron chi connectivity index (χ0n) is 9.82. The van der Waals surface area contributed by atoms with Gasteiger partial charge in [-0.25, -0.2) is 0 Å². The summed E-state index contributed by atoms with van der Waals surface area (Å²) in [5.74, 6) is 1.35. The first kappa shape index (κ1) is 12.1. The Morgan fingerprint density at radius 3 is 2.53 bits per heavy atom. The van der Waals surface area contributed by atoms with Crippen LogP contribution in [-0.2, 0) is 23.5 Å². The molecule has 1 heterocycles. The molecule has 1 rings (SSSR count). The van der Waals surface area contributed by atoms with Crippen LogP contribution in [0.1, 0.15) is 38.8 Å². The van der Waals surface area contributed by atoms with Crippen molar-refractivity contribution in [1.82, 2.24) is 14.8 Å². The van der Waals surface area contributed by atoms with Crippen molar-refractivity contribution in [2.75, 3.05) is 7.11 Å². The van der Waals surface area contributed by atoms with Gasteiger partial charge in [-0.05, 0) is 20.3 Å². The topological polar surface area (TPSA) is 60.2 Å². The van der Waals surface area contributed by atoms with Gasteiger partial charge in [-0.3, -0.25) is 0 Å². The lowest BCUT2D eigenvalue weighted by Gasteiger charge is -2.22. The van der Waals surface area contributed by atoms with Crippen molar-refractivity contribution in [1.29, 1.82) is 0 Å². The molecule has 0 aliphatic rings. The van der Waals surface area contributed by atoms with E-state index in [1.54, 1.807) is 7.11 Å². The summed E-state index contributed by atoms with van der Waals surface area (Å²) in [7, 11) is 1.64. The number of aromatic nitrogens is 3. The van der Waals surface area contributed by atoms with Gasteiger partial charge in [0, 0.05) is 13.7 Å². The number of methoxy groups -OCH3 is 1. The van der Waals surface area contributed by atoms with Crippen LogP contribution in [0.25, 0.3) is 0 Å². The fourth-order valence-corrected chi connectivity index (χ4v) is 1.45. The van der Waals surface area contributed by atoms with E-state index in [4.69, 9.17) is 9.84 Å². The summed E-state index contributed by atoms with van der Waals surface area (Å²) in [6, 6.07) is 0. The van der Waals surface area contributed by atoms with Crippen molar-refractivity contribution in [2.24, 2.45) is 0 Å². The third-order valence-corrected chi connectivity index (χ3v) is 2.46. The average Bonchev–Trinajstić information content (AvgIpc) is 2.62. The number of ether oxygens (including phenoxy) is 1. The van der Waals surface area contributed by atoms with Gasteiger partial charge < -0.3 is 14.4 Å². The van der Waals surface area contributed by atoms with Crippen molar-refractivity contribution in [3.05, 3.63) is 11.6 Å². The van der Waals surface area contributed by atoms with Crippen molar-refractivity contribution in [3.8, 4) is 0 Å². The van der Waals surface area contributed by atoms with Crippen molar-refractivity contribution in [2.45, 2.75) is 45.9 Å². The molecule has 0 aliphatic carbocycles. The van der Waals surface area contributed by atoms with Crippen LogP contribution >= 0.6 is 0 Å². The molecule has 0 atom stereocenters. The highest BCUT2D eigenvalue weighted by Gasteiger charge is 2.27. The predicted molar refractivity (Wildman–Crippen MR) is 56.3 cm³/mol. The SMILES string of the molecule is CCCn1c(CO)nnc1C(C)(C)OC. The van der Waals surface area contributed by atoms with Crippen LogP contribution < -0.4 is 0 Å². The van der Waals surface area contributed by atoms with E-state index in [1.165, 1.54) is 0 Å². The quantitative estimate of drug-likeness (QED) is 0.794. The molecule has 1 N–H and O–H groups in total. The monoisotopic (exact) mass is 213 g/mol. The number of hydrogen-bond acceptors (Lipinski definition) is 4. The predicted octanol–water partition coefficient (Wildman–Crippen LogP) is 1.06. The lowest BCUT2D eigenvalue weighted by Crippen LogP contribution is -2.25. The molecule has 1 aromatic heterocycles. The summed E-state index contributed by atoms with van der Waals surface area (Å²) < 4.78 is 7.28. The minimum Gasteiger partial charge on any atom is -0.388 e. The molecule has 5 nitrogen and oxygen atoms in total. The van der Waals surface area contributed by atoms with Crippen LogP contribution in [0.4, 0.5) is 0 Å². The fraction of sp³-hybridized carbons (Fsp3) is 0.800. The van der Waals surface area contributed by atoms with Crippen LogP contribution in [-0.4, -0.2) is 27.0 Å². The summed E-state index contributed by atoms with van der Waals surface area (Å²) in [5.41, 5.74) is -0.477. The maximum absolute atomic E-state index is 9.13. The lowest BCUT2D eigenvalue weighted by atomic mass is 10.1. The summed E-state index contributed by atoms with van der Waals surface area (Å²) in [6.45, 7) is 6.65. The molecule has 0 aliphatic heterocycles. The van der Waals surface area contributed by atoms with E-state index in [-0.39, 0.29) is 6.61 Å². The molecule has 15 heavy (non-hydrogen) atoms. The smallest absolute Gasteiger partial charge is 0.164 e. The van der Waals surface area contributed by atoms with Gasteiger partial charge in [0.25, 0.3) is 0 Å². The highest BCUT2D eigenvalue weighted by Crippen LogP contribution is 2.22. The van der Waals surface area contributed by atoms with Gasteiger partial charge in [0.05, 0.1) is 0 Å². The van der Waals surface area contributed by atoms with E-state index in [1.807, 2.05) is 18.4 Å². The van der Waals surface area contributed by atoms with E-state index < -0.39 is 5.60 Å². The molecule has 0 bridgehead atoms. The zero-order chi connectivity index (χ0) is 11.5. The van der Waals surface area contributed by atoms with Crippen LogP contribution in [0.2, 0.25) is 0 Å². The van der Waals surface area contributed by atoms with Gasteiger partial charge in [0.15, 0.2) is 11.6 Å². The highest BCUT2D eigenvalue weighted by atomic mass is 16.5. The Bertz CT molecular complexity index is 320. The summed E-state index contributed by atoms with van der Waals surface area (Å²) in [5, 5.41) is 17.2. The van der Waals surface area contributed by atoms with Gasteiger partial charge in [-0.1, -0.05) is 6.92 Å². The Morgan fingerprint density at radius 2 is 2.07 bits per heavy atom. The maximum atomic E-state index is 9.13. The Kier molecular flexibility index (Phi) is 3.82. The van der Waals surface area contributed by atoms with Crippen molar-refractivity contribution in [3.63, 3.8) is 0 Å². The molecule has 5 heteroatoms. The minimum absolute atomic E-state index is 0.0905. The average molecular weight is 213 g/mol. The largest absolute Gasteiger partial charge is 0.388 e. The number of aliphatic hydroxyl groups is 1. The van der Waals surface area contributed by atoms with E-state index in [0.29, 0.717) is 5.82 Å². The summed E-state index contributed by atoms with van der Waals surface area (Å²) >= 11 is 0. The highest BCUT2D eigenvalue weighted by molar-refractivity contribution is 5.03. The normalized spacial score (nSPS) is 12.1. The third kappa shape index (κ3) is 2.35. The first-order chi connectivity index (χ1) is 7.06. The first-order valence-electron chi connectivity index (χ1n) is 5.15. The lowest BCUT2D eigenvalue weighted by molar-refractivity contribution is 0.00787. The van der Waals surface area contributed by atoms with E-state index >= 15 is 0 Å². The molecular formula is C10H19N3O2. The minimum atomic E-state index is -0.477. The van der Waals surface area contributed by atoms with Crippen molar-refractivity contribution < 1.29 is 9.84 Å². The molecule has 0 radical (unpaired) electrons. The molecule has 0 unspecified atom stereocenters. The molecule has 0 fully saturated rings. The van der Waals surface area contributed by atoms with Gasteiger partial charge in [-0.2, -0.15) is 0 Å². The Balaban J connectivity index is 3.12. The van der Waals surface area contributed by atoms with Crippen molar-refractivity contribution >= 4 is 0 Å². The second-order valence-corrected chi connectivity index (χ2v) is 3.96. The first-order valence-corrected chi connectivity index (χ1v) is 5.15. The van der Waals surface area contributed by atoms with Crippen LogP contribution in [0, 0.1) is 0 Å². The number of aliphatic hydroxyl groups excluding tert-OH is 1. The Morgan fingerprint density at radius 1 is 1.40 bits per heavy atom. The van der Waals surface area contributed by atoms with Gasteiger partial charge >= 0.3 is 0 Å².